The van der Waals surface area contributed by atoms with Crippen molar-refractivity contribution in [2.45, 2.75) is 19.4 Å². The van der Waals surface area contributed by atoms with Crippen LogP contribution in [-0.2, 0) is 4.74 Å². The van der Waals surface area contributed by atoms with E-state index >= 15 is 0 Å². The van der Waals surface area contributed by atoms with Gasteiger partial charge in [-0.15, -0.1) is 0 Å². The van der Waals surface area contributed by atoms with Gasteiger partial charge in [0.25, 0.3) is 0 Å². The molecule has 100 valence electrons. The monoisotopic (exact) mass is 268 g/mol. The molecule has 0 aliphatic carbocycles. The summed E-state index contributed by atoms with van der Waals surface area (Å²) in [5, 5.41) is 4.18. The molecule has 0 spiro atoms. The van der Waals surface area contributed by atoms with Gasteiger partial charge in [-0.05, 0) is 38.1 Å². The fourth-order valence-corrected chi connectivity index (χ4v) is 2.36. The van der Waals surface area contributed by atoms with Gasteiger partial charge in [-0.1, -0.05) is 11.6 Å². The number of ether oxygens (including phenoxy) is 1. The summed E-state index contributed by atoms with van der Waals surface area (Å²) in [6, 6.07) is 7.82. The molecule has 1 aromatic rings. The van der Waals surface area contributed by atoms with Crippen LogP contribution in [-0.4, -0.2) is 43.3 Å². The number of halogens is 1. The first-order valence-electron chi connectivity index (χ1n) is 6.41. The topological polar surface area (TPSA) is 24.5 Å². The van der Waals surface area contributed by atoms with E-state index in [0.717, 1.165) is 43.5 Å². The SMILES string of the molecule is CC1(C)CN(CCNc2ccc(Cl)cc2)CCO1. The highest BCUT2D eigenvalue weighted by atomic mass is 35.5. The third-order valence-electron chi connectivity index (χ3n) is 3.11. The van der Waals surface area contributed by atoms with Crippen molar-refractivity contribution >= 4 is 17.3 Å². The molecule has 0 bridgehead atoms. The summed E-state index contributed by atoms with van der Waals surface area (Å²) in [6.45, 7) is 9.11. The summed E-state index contributed by atoms with van der Waals surface area (Å²) in [6.07, 6.45) is 0. The summed E-state index contributed by atoms with van der Waals surface area (Å²) >= 11 is 5.85. The van der Waals surface area contributed by atoms with Crippen molar-refractivity contribution in [1.29, 1.82) is 0 Å². The van der Waals surface area contributed by atoms with Crippen LogP contribution < -0.4 is 5.32 Å². The van der Waals surface area contributed by atoms with Gasteiger partial charge < -0.3 is 10.1 Å². The zero-order chi connectivity index (χ0) is 13.0. The van der Waals surface area contributed by atoms with E-state index in [1.54, 1.807) is 0 Å². The zero-order valence-electron chi connectivity index (χ0n) is 11.1. The van der Waals surface area contributed by atoms with Crippen molar-refractivity contribution in [3.63, 3.8) is 0 Å². The van der Waals surface area contributed by atoms with Gasteiger partial charge in [-0.2, -0.15) is 0 Å². The Morgan fingerprint density at radius 2 is 2.06 bits per heavy atom. The van der Waals surface area contributed by atoms with Crippen molar-refractivity contribution in [1.82, 2.24) is 4.90 Å². The molecule has 2 rings (SSSR count). The second kappa shape index (κ2) is 5.91. The van der Waals surface area contributed by atoms with Gasteiger partial charge in [-0.25, -0.2) is 0 Å². The number of nitrogens with zero attached hydrogens (tertiary/aromatic N) is 1. The van der Waals surface area contributed by atoms with Gasteiger partial charge in [0.05, 0.1) is 12.2 Å². The maximum atomic E-state index is 5.85. The molecule has 0 atom stereocenters. The molecule has 3 nitrogen and oxygen atoms in total. The molecule has 1 aromatic carbocycles. The minimum Gasteiger partial charge on any atom is -0.384 e. The summed E-state index contributed by atoms with van der Waals surface area (Å²) in [5.74, 6) is 0. The van der Waals surface area contributed by atoms with Crippen LogP contribution in [0, 0.1) is 0 Å². The molecule has 1 aliphatic heterocycles. The van der Waals surface area contributed by atoms with Crippen LogP contribution in [0.4, 0.5) is 5.69 Å². The molecule has 1 heterocycles. The summed E-state index contributed by atoms with van der Waals surface area (Å²) < 4.78 is 5.70. The molecule has 1 aliphatic rings. The Morgan fingerprint density at radius 3 is 2.72 bits per heavy atom. The largest absolute Gasteiger partial charge is 0.384 e. The average Bonchev–Trinajstić information content (AvgIpc) is 2.30. The predicted octanol–water partition coefficient (Wildman–Crippen LogP) is 2.86. The summed E-state index contributed by atoms with van der Waals surface area (Å²) in [5.41, 5.74) is 1.10. The van der Waals surface area contributed by atoms with E-state index in [4.69, 9.17) is 16.3 Å². The fraction of sp³-hybridized carbons (Fsp3) is 0.571. The van der Waals surface area contributed by atoms with E-state index in [9.17, 15) is 0 Å². The van der Waals surface area contributed by atoms with Crippen molar-refractivity contribution in [3.05, 3.63) is 29.3 Å². The summed E-state index contributed by atoms with van der Waals surface area (Å²) in [4.78, 5) is 2.44. The van der Waals surface area contributed by atoms with E-state index in [2.05, 4.69) is 24.1 Å². The Balaban J connectivity index is 1.73. The van der Waals surface area contributed by atoms with Crippen LogP contribution >= 0.6 is 11.6 Å². The number of benzene rings is 1. The van der Waals surface area contributed by atoms with Crippen molar-refractivity contribution in [2.75, 3.05) is 38.1 Å². The third kappa shape index (κ3) is 4.16. The molecule has 1 fully saturated rings. The standard InChI is InChI=1S/C14H21ClN2O/c1-14(2)11-17(9-10-18-14)8-7-16-13-5-3-12(15)4-6-13/h3-6,16H,7-11H2,1-2H3. The maximum absolute atomic E-state index is 5.85. The van der Waals surface area contributed by atoms with Gasteiger partial charge in [0.15, 0.2) is 0 Å². The highest BCUT2D eigenvalue weighted by molar-refractivity contribution is 6.30. The van der Waals surface area contributed by atoms with Crippen LogP contribution in [0.25, 0.3) is 0 Å². The second-order valence-electron chi connectivity index (χ2n) is 5.32. The lowest BCUT2D eigenvalue weighted by atomic mass is 10.1. The minimum absolute atomic E-state index is 0.0154. The van der Waals surface area contributed by atoms with Crippen molar-refractivity contribution in [2.24, 2.45) is 0 Å². The molecule has 18 heavy (non-hydrogen) atoms. The molecule has 0 radical (unpaired) electrons. The third-order valence-corrected chi connectivity index (χ3v) is 3.36. The fourth-order valence-electron chi connectivity index (χ4n) is 2.23. The smallest absolute Gasteiger partial charge is 0.0753 e. The Labute approximate surface area is 114 Å². The molecule has 0 amide bonds. The second-order valence-corrected chi connectivity index (χ2v) is 5.75. The summed E-state index contributed by atoms with van der Waals surface area (Å²) in [7, 11) is 0. The highest BCUT2D eigenvalue weighted by Gasteiger charge is 2.26. The van der Waals surface area contributed by atoms with Crippen LogP contribution in [0.1, 0.15) is 13.8 Å². The van der Waals surface area contributed by atoms with Gasteiger partial charge in [0, 0.05) is 36.9 Å². The molecule has 1 saturated heterocycles. The number of hydrogen-bond acceptors (Lipinski definition) is 3. The molecule has 1 N–H and O–H groups in total. The Bertz CT molecular complexity index is 378. The van der Waals surface area contributed by atoms with Crippen LogP contribution in [0.15, 0.2) is 24.3 Å². The van der Waals surface area contributed by atoms with Crippen molar-refractivity contribution < 1.29 is 4.74 Å². The van der Waals surface area contributed by atoms with E-state index in [0.29, 0.717) is 0 Å². The first-order valence-corrected chi connectivity index (χ1v) is 6.79. The molecular formula is C14H21ClN2O. The van der Waals surface area contributed by atoms with E-state index in [1.165, 1.54) is 0 Å². The number of rotatable bonds is 4. The first-order chi connectivity index (χ1) is 8.55. The lowest BCUT2D eigenvalue weighted by molar-refractivity contribution is -0.0848. The number of morpholine rings is 1. The molecular weight excluding hydrogens is 248 g/mol. The van der Waals surface area contributed by atoms with Crippen molar-refractivity contribution in [3.8, 4) is 0 Å². The van der Waals surface area contributed by atoms with Gasteiger partial charge in [-0.3, -0.25) is 4.90 Å². The zero-order valence-corrected chi connectivity index (χ0v) is 11.8. The average molecular weight is 269 g/mol. The molecule has 4 heteroatoms. The lowest BCUT2D eigenvalue weighted by Crippen LogP contribution is -2.49. The predicted molar refractivity (Wildman–Crippen MR) is 76.4 cm³/mol. The Morgan fingerprint density at radius 1 is 1.33 bits per heavy atom. The maximum Gasteiger partial charge on any atom is 0.0753 e. The minimum atomic E-state index is -0.0154. The number of nitrogens with one attached hydrogen (secondary N) is 1. The lowest BCUT2D eigenvalue weighted by Gasteiger charge is -2.38. The highest BCUT2D eigenvalue weighted by Crippen LogP contribution is 2.16. The first kappa shape index (κ1) is 13.7. The molecule has 0 unspecified atom stereocenters. The van der Waals surface area contributed by atoms with Crippen LogP contribution in [0.2, 0.25) is 5.02 Å². The Hall–Kier alpha value is -0.770. The van der Waals surface area contributed by atoms with Gasteiger partial charge >= 0.3 is 0 Å². The number of hydrogen-bond donors (Lipinski definition) is 1. The van der Waals surface area contributed by atoms with Gasteiger partial charge in [0.1, 0.15) is 0 Å². The quantitative estimate of drug-likeness (QED) is 0.909. The van der Waals surface area contributed by atoms with E-state index in [1.807, 2.05) is 24.3 Å². The van der Waals surface area contributed by atoms with Crippen LogP contribution in [0.5, 0.6) is 0 Å². The normalized spacial score (nSPS) is 19.7. The van der Waals surface area contributed by atoms with E-state index < -0.39 is 0 Å². The number of anilines is 1. The molecule has 0 aromatic heterocycles. The van der Waals surface area contributed by atoms with E-state index in [-0.39, 0.29) is 5.60 Å². The van der Waals surface area contributed by atoms with Gasteiger partial charge in [0.2, 0.25) is 0 Å². The van der Waals surface area contributed by atoms with Crippen LogP contribution in [0.3, 0.4) is 0 Å². The molecule has 0 saturated carbocycles. The Kier molecular flexibility index (Phi) is 4.49.